The Bertz CT molecular complexity index is 430. The van der Waals surface area contributed by atoms with Crippen LogP contribution in [0.3, 0.4) is 0 Å². The summed E-state index contributed by atoms with van der Waals surface area (Å²) in [6.45, 7) is 4.08. The summed E-state index contributed by atoms with van der Waals surface area (Å²) < 4.78 is 0. The number of nitrogens with two attached hydrogens (primary N) is 2. The molecule has 2 rings (SSSR count). The fourth-order valence-electron chi connectivity index (χ4n) is 2.85. The Labute approximate surface area is 114 Å². The van der Waals surface area contributed by atoms with E-state index in [1.165, 1.54) is 11.1 Å². The molecule has 1 fully saturated rings. The SMILES string of the molecule is CCc1ccc(C2CC(N)CN(CC(N)=O)C2)cc1. The number of carbonyl (C=O) groups excluding carboxylic acids is 1. The summed E-state index contributed by atoms with van der Waals surface area (Å²) in [6.07, 6.45) is 2.03. The van der Waals surface area contributed by atoms with Gasteiger partial charge >= 0.3 is 0 Å². The van der Waals surface area contributed by atoms with Crippen molar-refractivity contribution in [3.63, 3.8) is 0 Å². The lowest BCUT2D eigenvalue weighted by molar-refractivity contribution is -0.119. The molecule has 0 saturated carbocycles. The summed E-state index contributed by atoms with van der Waals surface area (Å²) in [5, 5.41) is 0. The Kier molecular flexibility index (Phi) is 4.56. The zero-order valence-electron chi connectivity index (χ0n) is 11.5. The van der Waals surface area contributed by atoms with Crippen molar-refractivity contribution in [1.29, 1.82) is 0 Å². The molecule has 2 atom stereocenters. The quantitative estimate of drug-likeness (QED) is 0.844. The van der Waals surface area contributed by atoms with Crippen molar-refractivity contribution in [2.45, 2.75) is 31.7 Å². The van der Waals surface area contributed by atoms with E-state index in [2.05, 4.69) is 36.1 Å². The molecule has 104 valence electrons. The van der Waals surface area contributed by atoms with Crippen LogP contribution in [0.2, 0.25) is 0 Å². The van der Waals surface area contributed by atoms with E-state index < -0.39 is 0 Å². The average molecular weight is 261 g/mol. The number of hydrogen-bond acceptors (Lipinski definition) is 3. The van der Waals surface area contributed by atoms with Gasteiger partial charge in [-0.2, -0.15) is 0 Å². The van der Waals surface area contributed by atoms with Crippen molar-refractivity contribution >= 4 is 5.91 Å². The minimum atomic E-state index is -0.283. The Hall–Kier alpha value is -1.39. The minimum absolute atomic E-state index is 0.115. The maximum Gasteiger partial charge on any atom is 0.231 e. The molecule has 0 aromatic heterocycles. The molecular formula is C15H23N3O. The van der Waals surface area contributed by atoms with E-state index in [-0.39, 0.29) is 11.9 Å². The van der Waals surface area contributed by atoms with Crippen LogP contribution in [-0.4, -0.2) is 36.5 Å². The standard InChI is InChI=1S/C15H23N3O/c1-2-11-3-5-12(6-4-11)13-7-14(16)9-18(8-13)10-15(17)19/h3-6,13-14H,2,7-10,16H2,1H3,(H2,17,19). The number of hydrogen-bond donors (Lipinski definition) is 2. The van der Waals surface area contributed by atoms with Gasteiger partial charge in [-0.3, -0.25) is 9.69 Å². The van der Waals surface area contributed by atoms with Crippen molar-refractivity contribution in [1.82, 2.24) is 4.90 Å². The van der Waals surface area contributed by atoms with Crippen molar-refractivity contribution in [3.8, 4) is 0 Å². The second kappa shape index (κ2) is 6.17. The van der Waals surface area contributed by atoms with Crippen LogP contribution in [0.4, 0.5) is 0 Å². The van der Waals surface area contributed by atoms with Gasteiger partial charge in [-0.25, -0.2) is 0 Å². The number of nitrogens with zero attached hydrogens (tertiary/aromatic N) is 1. The van der Waals surface area contributed by atoms with Crippen LogP contribution in [0.25, 0.3) is 0 Å². The molecule has 1 aromatic rings. The van der Waals surface area contributed by atoms with Crippen LogP contribution in [0.1, 0.15) is 30.4 Å². The number of rotatable bonds is 4. The highest BCUT2D eigenvalue weighted by atomic mass is 16.1. The van der Waals surface area contributed by atoms with Crippen molar-refractivity contribution in [3.05, 3.63) is 35.4 Å². The Morgan fingerprint density at radius 3 is 2.58 bits per heavy atom. The number of aryl methyl sites for hydroxylation is 1. The van der Waals surface area contributed by atoms with Crippen LogP contribution in [0.5, 0.6) is 0 Å². The fraction of sp³-hybridized carbons (Fsp3) is 0.533. The smallest absolute Gasteiger partial charge is 0.231 e. The molecule has 0 bridgehead atoms. The van der Waals surface area contributed by atoms with Gasteiger partial charge in [0.15, 0.2) is 0 Å². The topological polar surface area (TPSA) is 72.3 Å². The van der Waals surface area contributed by atoms with E-state index in [1.54, 1.807) is 0 Å². The van der Waals surface area contributed by atoms with E-state index in [9.17, 15) is 4.79 Å². The third kappa shape index (κ3) is 3.78. The van der Waals surface area contributed by atoms with Gasteiger partial charge in [0.1, 0.15) is 0 Å². The summed E-state index contributed by atoms with van der Waals surface area (Å²) in [6, 6.07) is 8.83. The molecule has 4 heteroatoms. The van der Waals surface area contributed by atoms with Crippen LogP contribution in [0, 0.1) is 0 Å². The second-order valence-electron chi connectivity index (χ2n) is 5.45. The van der Waals surface area contributed by atoms with Gasteiger partial charge < -0.3 is 11.5 Å². The minimum Gasteiger partial charge on any atom is -0.369 e. The molecule has 4 nitrogen and oxygen atoms in total. The first-order chi connectivity index (χ1) is 9.08. The normalized spacial score (nSPS) is 24.3. The van der Waals surface area contributed by atoms with E-state index >= 15 is 0 Å². The van der Waals surface area contributed by atoms with Gasteiger partial charge in [0.25, 0.3) is 0 Å². The lowest BCUT2D eigenvalue weighted by Gasteiger charge is -2.35. The maximum atomic E-state index is 11.0. The third-order valence-corrected chi connectivity index (χ3v) is 3.80. The first kappa shape index (κ1) is 14.0. The highest BCUT2D eigenvalue weighted by Gasteiger charge is 2.26. The van der Waals surface area contributed by atoms with Gasteiger partial charge in [-0.1, -0.05) is 31.2 Å². The lowest BCUT2D eigenvalue weighted by Crippen LogP contribution is -2.48. The van der Waals surface area contributed by atoms with Crippen LogP contribution >= 0.6 is 0 Å². The zero-order chi connectivity index (χ0) is 13.8. The van der Waals surface area contributed by atoms with Crippen LogP contribution in [0.15, 0.2) is 24.3 Å². The predicted octanol–water partition coefficient (Wildman–Crippen LogP) is 0.851. The molecule has 1 aliphatic rings. The molecule has 1 aromatic carbocycles. The summed E-state index contributed by atoms with van der Waals surface area (Å²) in [4.78, 5) is 13.1. The maximum absolute atomic E-state index is 11.0. The van der Waals surface area contributed by atoms with Crippen molar-refractivity contribution in [2.75, 3.05) is 19.6 Å². The number of benzene rings is 1. The van der Waals surface area contributed by atoms with Crippen molar-refractivity contribution in [2.24, 2.45) is 11.5 Å². The zero-order valence-corrected chi connectivity index (χ0v) is 11.5. The van der Waals surface area contributed by atoms with E-state index in [0.29, 0.717) is 12.5 Å². The van der Waals surface area contributed by atoms with Crippen LogP contribution < -0.4 is 11.5 Å². The molecule has 1 amide bonds. The average Bonchev–Trinajstić information content (AvgIpc) is 2.37. The summed E-state index contributed by atoms with van der Waals surface area (Å²) in [5.41, 5.74) is 14.0. The Balaban J connectivity index is 2.07. The molecule has 2 unspecified atom stereocenters. The fourth-order valence-corrected chi connectivity index (χ4v) is 2.85. The molecule has 4 N–H and O–H groups in total. The van der Waals surface area contributed by atoms with Gasteiger partial charge in [0.05, 0.1) is 6.54 Å². The molecule has 0 radical (unpaired) electrons. The largest absolute Gasteiger partial charge is 0.369 e. The lowest BCUT2D eigenvalue weighted by atomic mass is 9.88. The molecule has 0 aliphatic carbocycles. The monoisotopic (exact) mass is 261 g/mol. The van der Waals surface area contributed by atoms with E-state index in [0.717, 1.165) is 25.9 Å². The van der Waals surface area contributed by atoms with Crippen LogP contribution in [-0.2, 0) is 11.2 Å². The van der Waals surface area contributed by atoms with E-state index in [4.69, 9.17) is 11.5 Å². The molecule has 1 saturated heterocycles. The molecule has 1 heterocycles. The van der Waals surface area contributed by atoms with Crippen molar-refractivity contribution < 1.29 is 4.79 Å². The molecule has 19 heavy (non-hydrogen) atoms. The second-order valence-corrected chi connectivity index (χ2v) is 5.45. The highest BCUT2D eigenvalue weighted by molar-refractivity contribution is 5.75. The molecule has 0 spiro atoms. The summed E-state index contributed by atoms with van der Waals surface area (Å²) in [7, 11) is 0. The number of likely N-dealkylation sites (tertiary alicyclic amines) is 1. The number of primary amides is 1. The molecule has 1 aliphatic heterocycles. The number of piperidine rings is 1. The Morgan fingerprint density at radius 2 is 2.00 bits per heavy atom. The van der Waals surface area contributed by atoms with E-state index in [1.807, 2.05) is 0 Å². The summed E-state index contributed by atoms with van der Waals surface area (Å²) in [5.74, 6) is 0.114. The Morgan fingerprint density at radius 1 is 1.32 bits per heavy atom. The third-order valence-electron chi connectivity index (χ3n) is 3.80. The number of amides is 1. The van der Waals surface area contributed by atoms with Gasteiger partial charge in [0.2, 0.25) is 5.91 Å². The van der Waals surface area contributed by atoms with Gasteiger partial charge in [-0.15, -0.1) is 0 Å². The molecular weight excluding hydrogens is 238 g/mol. The number of carbonyl (C=O) groups is 1. The predicted molar refractivity (Wildman–Crippen MR) is 76.8 cm³/mol. The summed E-state index contributed by atoms with van der Waals surface area (Å²) >= 11 is 0. The first-order valence-electron chi connectivity index (χ1n) is 6.93. The van der Waals surface area contributed by atoms with Gasteiger partial charge in [0, 0.05) is 19.1 Å². The first-order valence-corrected chi connectivity index (χ1v) is 6.93. The highest BCUT2D eigenvalue weighted by Crippen LogP contribution is 2.26. The van der Waals surface area contributed by atoms with Gasteiger partial charge in [-0.05, 0) is 29.9 Å².